The van der Waals surface area contributed by atoms with Crippen molar-refractivity contribution in [2.75, 3.05) is 0 Å². The molecule has 98 valence electrons. The Balaban J connectivity index is 2.35. The van der Waals surface area contributed by atoms with E-state index >= 15 is 0 Å². The molecular weight excluding hydrogens is 307 g/mol. The van der Waals surface area contributed by atoms with Crippen LogP contribution in [-0.4, -0.2) is 13.0 Å². The highest BCUT2D eigenvalue weighted by molar-refractivity contribution is 7.85. The average molecular weight is 315 g/mol. The molecule has 0 amide bonds. The van der Waals surface area contributed by atoms with E-state index in [2.05, 4.69) is 0 Å². The molecular formula is C13H8Cl2O3S. The summed E-state index contributed by atoms with van der Waals surface area (Å²) < 4.78 is 32.2. The zero-order valence-electron chi connectivity index (χ0n) is 9.52. The molecule has 0 fully saturated rings. The summed E-state index contributed by atoms with van der Waals surface area (Å²) in [5.41, 5.74) is 3.09. The molecule has 19 heavy (non-hydrogen) atoms. The van der Waals surface area contributed by atoms with Gasteiger partial charge >= 0.3 is 0 Å². The van der Waals surface area contributed by atoms with Crippen LogP contribution in [0.25, 0.3) is 11.1 Å². The first-order valence-corrected chi connectivity index (χ1v) is 7.64. The molecule has 3 rings (SSSR count). The van der Waals surface area contributed by atoms with Gasteiger partial charge in [-0.15, -0.1) is 0 Å². The van der Waals surface area contributed by atoms with E-state index in [0.717, 1.165) is 11.1 Å². The van der Waals surface area contributed by atoms with Gasteiger partial charge in [-0.1, -0.05) is 29.3 Å². The third kappa shape index (κ3) is 2.15. The van der Waals surface area contributed by atoms with Crippen molar-refractivity contribution in [3.8, 4) is 11.1 Å². The molecule has 0 saturated carbocycles. The Bertz CT molecular complexity index is 798. The number of hydrogen-bond acceptors (Lipinski definition) is 2. The molecule has 1 N–H and O–H groups in total. The van der Waals surface area contributed by atoms with Gasteiger partial charge in [0.2, 0.25) is 0 Å². The molecule has 0 aromatic heterocycles. The van der Waals surface area contributed by atoms with Crippen LogP contribution in [0.15, 0.2) is 35.2 Å². The number of fused-ring (bicyclic) bond motifs is 3. The van der Waals surface area contributed by atoms with Gasteiger partial charge in [0, 0.05) is 16.5 Å². The van der Waals surface area contributed by atoms with Crippen LogP contribution >= 0.6 is 23.2 Å². The van der Waals surface area contributed by atoms with E-state index in [1.807, 2.05) is 6.07 Å². The van der Waals surface area contributed by atoms with Crippen LogP contribution in [0.4, 0.5) is 0 Å². The van der Waals surface area contributed by atoms with Gasteiger partial charge in [0.15, 0.2) is 0 Å². The Morgan fingerprint density at radius 3 is 2.37 bits per heavy atom. The van der Waals surface area contributed by atoms with E-state index in [-0.39, 0.29) is 9.92 Å². The highest BCUT2D eigenvalue weighted by atomic mass is 35.5. The second-order valence-electron chi connectivity index (χ2n) is 4.38. The SMILES string of the molecule is O=S(=O)(O)c1cc(Cl)cc2c1Cc1ccc(Cl)cc1-2. The highest BCUT2D eigenvalue weighted by Crippen LogP contribution is 2.42. The second-order valence-corrected chi connectivity index (χ2v) is 6.65. The van der Waals surface area contributed by atoms with Crippen molar-refractivity contribution >= 4 is 33.3 Å². The summed E-state index contributed by atoms with van der Waals surface area (Å²) in [6.45, 7) is 0. The lowest BCUT2D eigenvalue weighted by Crippen LogP contribution is -2.02. The number of hydrogen-bond donors (Lipinski definition) is 1. The summed E-state index contributed by atoms with van der Waals surface area (Å²) in [6.07, 6.45) is 0.439. The zero-order chi connectivity index (χ0) is 13.8. The maximum atomic E-state index is 11.4. The summed E-state index contributed by atoms with van der Waals surface area (Å²) in [7, 11) is -4.30. The third-order valence-electron chi connectivity index (χ3n) is 3.18. The molecule has 6 heteroatoms. The van der Waals surface area contributed by atoms with Crippen LogP contribution in [0.1, 0.15) is 11.1 Å². The van der Waals surface area contributed by atoms with Gasteiger partial charge in [0.25, 0.3) is 10.1 Å². The topological polar surface area (TPSA) is 54.4 Å². The Morgan fingerprint density at radius 1 is 1.00 bits per heavy atom. The predicted molar refractivity (Wildman–Crippen MR) is 74.5 cm³/mol. The maximum Gasteiger partial charge on any atom is 0.294 e. The Morgan fingerprint density at radius 2 is 1.68 bits per heavy atom. The lowest BCUT2D eigenvalue weighted by molar-refractivity contribution is 0.482. The molecule has 1 aliphatic carbocycles. The first kappa shape index (κ1) is 12.9. The largest absolute Gasteiger partial charge is 0.294 e. The van der Waals surface area contributed by atoms with Crippen LogP contribution in [0.5, 0.6) is 0 Å². The van der Waals surface area contributed by atoms with Crippen molar-refractivity contribution in [1.82, 2.24) is 0 Å². The molecule has 0 atom stereocenters. The van der Waals surface area contributed by atoms with E-state index in [9.17, 15) is 13.0 Å². The Kier molecular flexibility index (Phi) is 2.87. The maximum absolute atomic E-state index is 11.4. The summed E-state index contributed by atoms with van der Waals surface area (Å²) in [6, 6.07) is 8.32. The number of halogens is 2. The van der Waals surface area contributed by atoms with Gasteiger partial charge in [-0.05, 0) is 46.5 Å². The Hall–Kier alpha value is -1.07. The van der Waals surface area contributed by atoms with E-state index < -0.39 is 10.1 Å². The molecule has 2 aromatic carbocycles. The first-order chi connectivity index (χ1) is 8.86. The molecule has 0 bridgehead atoms. The van der Waals surface area contributed by atoms with Crippen LogP contribution in [0, 0.1) is 0 Å². The van der Waals surface area contributed by atoms with Crippen molar-refractivity contribution in [2.24, 2.45) is 0 Å². The molecule has 0 radical (unpaired) electrons. The van der Waals surface area contributed by atoms with Gasteiger partial charge in [0.1, 0.15) is 0 Å². The summed E-state index contributed by atoms with van der Waals surface area (Å²) >= 11 is 11.9. The minimum Gasteiger partial charge on any atom is -0.282 e. The van der Waals surface area contributed by atoms with Gasteiger partial charge in [-0.25, -0.2) is 0 Å². The van der Waals surface area contributed by atoms with Crippen LogP contribution in [0.3, 0.4) is 0 Å². The van der Waals surface area contributed by atoms with Crippen molar-refractivity contribution in [2.45, 2.75) is 11.3 Å². The van der Waals surface area contributed by atoms with Crippen LogP contribution in [0.2, 0.25) is 10.0 Å². The van der Waals surface area contributed by atoms with Gasteiger partial charge < -0.3 is 0 Å². The van der Waals surface area contributed by atoms with E-state index in [4.69, 9.17) is 23.2 Å². The summed E-state index contributed by atoms with van der Waals surface area (Å²) in [5, 5.41) is 0.833. The summed E-state index contributed by atoms with van der Waals surface area (Å²) in [5.74, 6) is 0. The van der Waals surface area contributed by atoms with Gasteiger partial charge in [-0.2, -0.15) is 8.42 Å². The molecule has 0 heterocycles. The third-order valence-corrected chi connectivity index (χ3v) is 4.55. The highest BCUT2D eigenvalue weighted by Gasteiger charge is 2.26. The average Bonchev–Trinajstić information content (AvgIpc) is 2.65. The van der Waals surface area contributed by atoms with Gasteiger partial charge in [0.05, 0.1) is 4.90 Å². The van der Waals surface area contributed by atoms with E-state index in [0.29, 0.717) is 22.6 Å². The van der Waals surface area contributed by atoms with Crippen molar-refractivity contribution in [3.05, 3.63) is 51.5 Å². The number of rotatable bonds is 1. The van der Waals surface area contributed by atoms with Crippen LogP contribution < -0.4 is 0 Å². The second kappa shape index (κ2) is 4.21. The number of benzene rings is 2. The van der Waals surface area contributed by atoms with E-state index in [1.54, 1.807) is 18.2 Å². The van der Waals surface area contributed by atoms with Crippen LogP contribution in [-0.2, 0) is 16.5 Å². The van der Waals surface area contributed by atoms with Crippen molar-refractivity contribution < 1.29 is 13.0 Å². The predicted octanol–water partition coefficient (Wildman–Crippen LogP) is 3.81. The molecule has 0 spiro atoms. The monoisotopic (exact) mass is 314 g/mol. The Labute approximate surface area is 120 Å². The molecule has 2 aromatic rings. The smallest absolute Gasteiger partial charge is 0.282 e. The molecule has 0 unspecified atom stereocenters. The van der Waals surface area contributed by atoms with Gasteiger partial charge in [-0.3, -0.25) is 4.55 Å². The summed E-state index contributed by atoms with van der Waals surface area (Å²) in [4.78, 5) is -0.137. The van der Waals surface area contributed by atoms with E-state index in [1.165, 1.54) is 6.07 Å². The van der Waals surface area contributed by atoms with Crippen molar-refractivity contribution in [1.29, 1.82) is 0 Å². The molecule has 1 aliphatic rings. The van der Waals surface area contributed by atoms with Crippen molar-refractivity contribution in [3.63, 3.8) is 0 Å². The molecule has 0 saturated heterocycles. The minimum atomic E-state index is -4.30. The fourth-order valence-electron chi connectivity index (χ4n) is 2.41. The quantitative estimate of drug-likeness (QED) is 0.695. The minimum absolute atomic E-state index is 0.137. The molecule has 0 aliphatic heterocycles. The fourth-order valence-corrected chi connectivity index (χ4v) is 3.63. The fraction of sp³-hybridized carbons (Fsp3) is 0.0769. The lowest BCUT2D eigenvalue weighted by atomic mass is 10.1. The lowest BCUT2D eigenvalue weighted by Gasteiger charge is -2.07. The first-order valence-electron chi connectivity index (χ1n) is 5.45. The molecule has 3 nitrogen and oxygen atoms in total. The standard InChI is InChI=1S/C13H8Cl2O3S/c14-8-2-1-7-3-12-11(10(7)4-8)5-9(15)6-13(12)19(16,17)18/h1-2,4-6H,3H2,(H,16,17,18). The normalized spacial score (nSPS) is 13.2. The zero-order valence-corrected chi connectivity index (χ0v) is 11.9.